The highest BCUT2D eigenvalue weighted by atomic mass is 16.2. The second kappa shape index (κ2) is 10.6. The molecule has 0 radical (unpaired) electrons. The Morgan fingerprint density at radius 1 is 1.03 bits per heavy atom. The second-order valence-corrected chi connectivity index (χ2v) is 10.0. The number of pyridine rings is 2. The normalized spacial score (nSPS) is 26.5. The van der Waals surface area contributed by atoms with Gasteiger partial charge in [0.1, 0.15) is 0 Å². The van der Waals surface area contributed by atoms with Gasteiger partial charge >= 0.3 is 0 Å². The third-order valence-electron chi connectivity index (χ3n) is 7.98. The van der Waals surface area contributed by atoms with E-state index >= 15 is 0 Å². The number of hydrogen-bond donors (Lipinski definition) is 1. The summed E-state index contributed by atoms with van der Waals surface area (Å²) < 4.78 is 0. The summed E-state index contributed by atoms with van der Waals surface area (Å²) in [6.45, 7) is 3.73. The molecule has 5 rings (SSSR count). The first-order chi connectivity index (χ1) is 16.7. The summed E-state index contributed by atoms with van der Waals surface area (Å²) in [4.78, 5) is 39.2. The van der Waals surface area contributed by atoms with E-state index in [-0.39, 0.29) is 17.9 Å². The van der Waals surface area contributed by atoms with E-state index in [0.717, 1.165) is 24.9 Å². The zero-order chi connectivity index (χ0) is 23.3. The molecule has 180 valence electrons. The van der Waals surface area contributed by atoms with E-state index in [1.807, 2.05) is 24.3 Å². The van der Waals surface area contributed by atoms with Crippen molar-refractivity contribution in [1.29, 1.82) is 0 Å². The summed E-state index contributed by atoms with van der Waals surface area (Å²) in [5, 5.41) is 3.02. The van der Waals surface area contributed by atoms with Gasteiger partial charge in [0.05, 0.1) is 5.56 Å². The van der Waals surface area contributed by atoms with Gasteiger partial charge < -0.3 is 10.2 Å². The van der Waals surface area contributed by atoms with Crippen molar-refractivity contribution >= 4 is 11.8 Å². The zero-order valence-corrected chi connectivity index (χ0v) is 19.8. The van der Waals surface area contributed by atoms with Gasteiger partial charge in [0.2, 0.25) is 5.91 Å². The predicted octanol–water partition coefficient (Wildman–Crippen LogP) is 3.28. The monoisotopic (exact) mass is 461 g/mol. The number of carbonyl (C=O) groups excluding carboxylic acids is 2. The maximum absolute atomic E-state index is 13.6. The van der Waals surface area contributed by atoms with Crippen molar-refractivity contribution in [2.45, 2.75) is 63.6 Å². The molecule has 5 heterocycles. The number of likely N-dealkylation sites (tertiary alicyclic amines) is 1. The van der Waals surface area contributed by atoms with Crippen LogP contribution in [0, 0.1) is 11.8 Å². The van der Waals surface area contributed by atoms with Gasteiger partial charge in [0.15, 0.2) is 0 Å². The van der Waals surface area contributed by atoms with Gasteiger partial charge in [-0.2, -0.15) is 0 Å². The molecule has 2 amide bonds. The second-order valence-electron chi connectivity index (χ2n) is 10.0. The van der Waals surface area contributed by atoms with Crippen LogP contribution in [0.3, 0.4) is 0 Å². The standard InChI is InChI=1S/C27H35N5O2/c33-25(30-17-20-10-13-28-14-11-20)9-1-8-24-23-7-4-16-31-15-3-6-22(26(23)31)19-32(24)27(34)21-5-2-12-29-18-21/h2,5,10-14,18,22-24,26H,1,3-4,6-9,15-17,19H2,(H,30,33)/t22-,23+,24+,26-/m0/s1. The summed E-state index contributed by atoms with van der Waals surface area (Å²) in [5.74, 6) is 1.22. The molecular formula is C27H35N5O2. The summed E-state index contributed by atoms with van der Waals surface area (Å²) in [6.07, 6.45) is 13.8. The van der Waals surface area contributed by atoms with Crippen LogP contribution in [0.4, 0.5) is 0 Å². The van der Waals surface area contributed by atoms with Crippen molar-refractivity contribution in [3.05, 3.63) is 60.2 Å². The number of nitrogens with zero attached hydrogens (tertiary/aromatic N) is 4. The quantitative estimate of drug-likeness (QED) is 0.685. The Bertz CT molecular complexity index is 968. The van der Waals surface area contributed by atoms with Gasteiger partial charge in [-0.15, -0.1) is 0 Å². The third-order valence-corrected chi connectivity index (χ3v) is 7.98. The molecule has 3 aliphatic rings. The van der Waals surface area contributed by atoms with Gasteiger partial charge in [-0.25, -0.2) is 0 Å². The molecule has 0 saturated carbocycles. The molecule has 34 heavy (non-hydrogen) atoms. The van der Waals surface area contributed by atoms with Gasteiger partial charge in [-0.05, 0) is 93.3 Å². The van der Waals surface area contributed by atoms with Crippen molar-refractivity contribution in [3.8, 4) is 0 Å². The molecule has 0 spiro atoms. The summed E-state index contributed by atoms with van der Waals surface area (Å²) >= 11 is 0. The van der Waals surface area contributed by atoms with Crippen molar-refractivity contribution in [1.82, 2.24) is 25.1 Å². The predicted molar refractivity (Wildman–Crippen MR) is 130 cm³/mol. The Kier molecular flexibility index (Phi) is 7.19. The number of piperidine rings is 3. The average molecular weight is 462 g/mol. The Morgan fingerprint density at radius 2 is 1.85 bits per heavy atom. The maximum atomic E-state index is 13.6. The molecule has 3 saturated heterocycles. The van der Waals surface area contributed by atoms with Crippen molar-refractivity contribution in [2.75, 3.05) is 19.6 Å². The lowest BCUT2D eigenvalue weighted by Gasteiger charge is -2.57. The molecule has 4 atom stereocenters. The molecular weight excluding hydrogens is 426 g/mol. The number of amides is 2. The topological polar surface area (TPSA) is 78.4 Å². The van der Waals surface area contributed by atoms with Gasteiger partial charge in [0.25, 0.3) is 5.91 Å². The minimum absolute atomic E-state index is 0.0681. The molecule has 1 N–H and O–H groups in total. The van der Waals surface area contributed by atoms with E-state index in [2.05, 4.69) is 25.1 Å². The van der Waals surface area contributed by atoms with Crippen LogP contribution in [0.2, 0.25) is 0 Å². The highest BCUT2D eigenvalue weighted by Crippen LogP contribution is 2.43. The number of nitrogens with one attached hydrogen (secondary N) is 1. The molecule has 2 aromatic rings. The first-order valence-corrected chi connectivity index (χ1v) is 12.8. The molecule has 0 bridgehead atoms. The molecule has 0 aliphatic carbocycles. The molecule has 3 fully saturated rings. The lowest BCUT2D eigenvalue weighted by Crippen LogP contribution is -2.65. The Balaban J connectivity index is 1.26. The van der Waals surface area contributed by atoms with Crippen LogP contribution < -0.4 is 5.32 Å². The van der Waals surface area contributed by atoms with Crippen LogP contribution in [0.25, 0.3) is 0 Å². The lowest BCUT2D eigenvalue weighted by atomic mass is 9.69. The van der Waals surface area contributed by atoms with E-state index in [1.165, 1.54) is 38.8 Å². The van der Waals surface area contributed by atoms with E-state index in [0.29, 0.717) is 36.4 Å². The van der Waals surface area contributed by atoms with Gasteiger partial charge in [-0.3, -0.25) is 24.5 Å². The fourth-order valence-corrected chi connectivity index (χ4v) is 6.52. The van der Waals surface area contributed by atoms with Crippen molar-refractivity contribution in [3.63, 3.8) is 0 Å². The van der Waals surface area contributed by atoms with Crippen LogP contribution in [0.15, 0.2) is 49.1 Å². The molecule has 3 aliphatic heterocycles. The minimum Gasteiger partial charge on any atom is -0.352 e. The number of hydrogen-bond acceptors (Lipinski definition) is 5. The third kappa shape index (κ3) is 4.99. The molecule has 0 unspecified atom stereocenters. The molecule has 7 heteroatoms. The highest BCUT2D eigenvalue weighted by molar-refractivity contribution is 5.94. The fourth-order valence-electron chi connectivity index (χ4n) is 6.52. The SMILES string of the molecule is O=C(CCC[C@@H]1[C@H]2CCCN3CCC[C@@H](CN1C(=O)c1cccnc1)[C@@H]23)NCc1ccncc1. The van der Waals surface area contributed by atoms with E-state index in [9.17, 15) is 9.59 Å². The first kappa shape index (κ1) is 23.0. The van der Waals surface area contributed by atoms with Crippen LogP contribution in [-0.4, -0.2) is 63.3 Å². The molecule has 0 aromatic carbocycles. The highest BCUT2D eigenvalue weighted by Gasteiger charge is 2.49. The van der Waals surface area contributed by atoms with Crippen LogP contribution in [-0.2, 0) is 11.3 Å². The fraction of sp³-hybridized carbons (Fsp3) is 0.556. The number of rotatable bonds is 7. The van der Waals surface area contributed by atoms with Crippen molar-refractivity contribution < 1.29 is 9.59 Å². The number of carbonyl (C=O) groups is 2. The van der Waals surface area contributed by atoms with Gasteiger partial charge in [-0.1, -0.05) is 0 Å². The largest absolute Gasteiger partial charge is 0.352 e. The average Bonchev–Trinajstić information content (AvgIpc) is 2.89. The van der Waals surface area contributed by atoms with Crippen LogP contribution >= 0.6 is 0 Å². The van der Waals surface area contributed by atoms with Crippen LogP contribution in [0.5, 0.6) is 0 Å². The summed E-state index contributed by atoms with van der Waals surface area (Å²) in [5.41, 5.74) is 1.72. The smallest absolute Gasteiger partial charge is 0.255 e. The van der Waals surface area contributed by atoms with E-state index < -0.39 is 0 Å². The Hall–Kier alpha value is -2.80. The van der Waals surface area contributed by atoms with Gasteiger partial charge in [0, 0.05) is 56.4 Å². The Morgan fingerprint density at radius 3 is 2.65 bits per heavy atom. The van der Waals surface area contributed by atoms with E-state index in [4.69, 9.17) is 0 Å². The maximum Gasteiger partial charge on any atom is 0.255 e. The first-order valence-electron chi connectivity index (χ1n) is 12.8. The summed E-state index contributed by atoms with van der Waals surface area (Å²) in [6, 6.07) is 8.32. The zero-order valence-electron chi connectivity index (χ0n) is 19.8. The van der Waals surface area contributed by atoms with Crippen LogP contribution in [0.1, 0.15) is 60.9 Å². The molecule has 7 nitrogen and oxygen atoms in total. The number of aromatic nitrogens is 2. The van der Waals surface area contributed by atoms with Crippen molar-refractivity contribution in [2.24, 2.45) is 11.8 Å². The molecule has 2 aromatic heterocycles. The minimum atomic E-state index is 0.0681. The van der Waals surface area contributed by atoms with E-state index in [1.54, 1.807) is 24.8 Å². The lowest BCUT2D eigenvalue weighted by molar-refractivity contribution is -0.121. The Labute approximate surface area is 202 Å². The summed E-state index contributed by atoms with van der Waals surface area (Å²) in [7, 11) is 0.